The second kappa shape index (κ2) is 5.28. The van der Waals surface area contributed by atoms with Crippen LogP contribution in [0, 0.1) is 13.8 Å². The van der Waals surface area contributed by atoms with Crippen molar-refractivity contribution in [3.63, 3.8) is 0 Å². The Labute approximate surface area is 116 Å². The van der Waals surface area contributed by atoms with Gasteiger partial charge in [-0.2, -0.15) is 0 Å². The molecule has 0 fully saturated rings. The lowest BCUT2D eigenvalue weighted by atomic mass is 10.1. The van der Waals surface area contributed by atoms with Crippen molar-refractivity contribution in [2.75, 3.05) is 11.1 Å². The van der Waals surface area contributed by atoms with Crippen LogP contribution in [-0.2, 0) is 0 Å². The number of pyridine rings is 1. The number of hydrogen-bond acceptors (Lipinski definition) is 3. The Bertz CT molecular complexity index is 641. The Hall–Kier alpha value is -2.07. The molecule has 0 saturated heterocycles. The van der Waals surface area contributed by atoms with Gasteiger partial charge in [0.05, 0.1) is 11.4 Å². The number of nitrogen functional groups attached to an aromatic ring is 1. The third kappa shape index (κ3) is 3.03. The van der Waals surface area contributed by atoms with Gasteiger partial charge < -0.3 is 11.1 Å². The molecular formula is C14H14ClN3O. The highest BCUT2D eigenvalue weighted by Gasteiger charge is 2.09. The number of carbonyl (C=O) groups is 1. The number of hydrogen-bond donors (Lipinski definition) is 2. The Morgan fingerprint density at radius 2 is 2.00 bits per heavy atom. The van der Waals surface area contributed by atoms with Crippen LogP contribution in [0.2, 0.25) is 5.15 Å². The Morgan fingerprint density at radius 1 is 1.26 bits per heavy atom. The molecule has 1 amide bonds. The molecule has 0 aliphatic carbocycles. The highest BCUT2D eigenvalue weighted by molar-refractivity contribution is 6.29. The first-order valence-electron chi connectivity index (χ1n) is 5.78. The quantitative estimate of drug-likeness (QED) is 0.653. The van der Waals surface area contributed by atoms with E-state index in [0.29, 0.717) is 27.8 Å². The number of nitrogens with zero attached hydrogens (tertiary/aromatic N) is 1. The molecule has 1 heterocycles. The molecule has 0 saturated carbocycles. The maximum Gasteiger partial charge on any atom is 0.255 e. The lowest BCUT2D eigenvalue weighted by Gasteiger charge is -2.09. The molecule has 3 N–H and O–H groups in total. The Kier molecular flexibility index (Phi) is 3.71. The van der Waals surface area contributed by atoms with Crippen molar-refractivity contribution in [3.8, 4) is 0 Å². The zero-order chi connectivity index (χ0) is 14.0. The Morgan fingerprint density at radius 3 is 2.63 bits per heavy atom. The fraction of sp³-hybridized carbons (Fsp3) is 0.143. The molecule has 1 aromatic heterocycles. The first-order chi connectivity index (χ1) is 8.97. The number of anilines is 2. The molecule has 5 heteroatoms. The molecule has 0 atom stereocenters. The van der Waals surface area contributed by atoms with Crippen molar-refractivity contribution in [2.45, 2.75) is 13.8 Å². The van der Waals surface area contributed by atoms with E-state index >= 15 is 0 Å². The number of amides is 1. The number of nitrogens with two attached hydrogens (primary N) is 1. The maximum absolute atomic E-state index is 12.1. The molecule has 2 rings (SSSR count). The first-order valence-corrected chi connectivity index (χ1v) is 6.16. The molecule has 0 aliphatic rings. The van der Waals surface area contributed by atoms with Gasteiger partial charge in [-0.1, -0.05) is 17.7 Å². The summed E-state index contributed by atoms with van der Waals surface area (Å²) >= 11 is 5.77. The number of halogens is 1. The zero-order valence-corrected chi connectivity index (χ0v) is 11.5. The first kappa shape index (κ1) is 13.4. The lowest BCUT2D eigenvalue weighted by Crippen LogP contribution is -2.13. The van der Waals surface area contributed by atoms with Gasteiger partial charge in [0.25, 0.3) is 5.91 Å². The van der Waals surface area contributed by atoms with Crippen molar-refractivity contribution >= 4 is 28.9 Å². The lowest BCUT2D eigenvalue weighted by molar-refractivity contribution is 0.102. The third-order valence-electron chi connectivity index (χ3n) is 2.84. The van der Waals surface area contributed by atoms with E-state index in [2.05, 4.69) is 10.3 Å². The largest absolute Gasteiger partial charge is 0.398 e. The molecule has 0 aliphatic heterocycles. The van der Waals surface area contributed by atoms with Crippen molar-refractivity contribution in [1.82, 2.24) is 4.98 Å². The second-order valence-electron chi connectivity index (χ2n) is 4.29. The van der Waals surface area contributed by atoms with Crippen molar-refractivity contribution in [1.29, 1.82) is 0 Å². The van der Waals surface area contributed by atoms with Crippen molar-refractivity contribution < 1.29 is 4.79 Å². The minimum absolute atomic E-state index is 0.223. The molecule has 98 valence electrons. The SMILES string of the molecule is Cc1ccc(C(=O)Nc2ccc(Cl)nc2C)cc1N. The fourth-order valence-electron chi connectivity index (χ4n) is 1.64. The highest BCUT2D eigenvalue weighted by Crippen LogP contribution is 2.18. The van der Waals surface area contributed by atoms with Crippen LogP contribution >= 0.6 is 11.6 Å². The summed E-state index contributed by atoms with van der Waals surface area (Å²) in [7, 11) is 0. The summed E-state index contributed by atoms with van der Waals surface area (Å²) in [6, 6.07) is 8.56. The van der Waals surface area contributed by atoms with E-state index in [1.54, 1.807) is 31.2 Å². The number of benzene rings is 1. The normalized spacial score (nSPS) is 10.3. The van der Waals surface area contributed by atoms with Gasteiger partial charge in [0.2, 0.25) is 0 Å². The van der Waals surface area contributed by atoms with E-state index in [-0.39, 0.29) is 5.91 Å². The summed E-state index contributed by atoms with van der Waals surface area (Å²) in [5, 5.41) is 3.18. The average molecular weight is 276 g/mol. The monoisotopic (exact) mass is 275 g/mol. The zero-order valence-electron chi connectivity index (χ0n) is 10.7. The van der Waals surface area contributed by atoms with Crippen LogP contribution in [0.5, 0.6) is 0 Å². The minimum Gasteiger partial charge on any atom is -0.398 e. The van der Waals surface area contributed by atoms with Gasteiger partial charge in [-0.3, -0.25) is 4.79 Å². The van der Waals surface area contributed by atoms with Crippen LogP contribution in [0.15, 0.2) is 30.3 Å². The highest BCUT2D eigenvalue weighted by atomic mass is 35.5. The molecule has 0 bridgehead atoms. The maximum atomic E-state index is 12.1. The van der Waals surface area contributed by atoms with E-state index in [1.807, 2.05) is 13.0 Å². The number of nitrogens with one attached hydrogen (secondary N) is 1. The van der Waals surface area contributed by atoms with Crippen LogP contribution < -0.4 is 11.1 Å². The van der Waals surface area contributed by atoms with Crippen molar-refractivity contribution in [3.05, 3.63) is 52.3 Å². The number of aryl methyl sites for hydroxylation is 2. The summed E-state index contributed by atoms with van der Waals surface area (Å²) in [5.41, 5.74) is 9.14. The Balaban J connectivity index is 2.23. The van der Waals surface area contributed by atoms with E-state index in [4.69, 9.17) is 17.3 Å². The van der Waals surface area contributed by atoms with Gasteiger partial charge in [-0.25, -0.2) is 4.98 Å². The summed E-state index contributed by atoms with van der Waals surface area (Å²) in [6.07, 6.45) is 0. The van der Waals surface area contributed by atoms with Crippen LogP contribution in [-0.4, -0.2) is 10.9 Å². The molecule has 1 aromatic carbocycles. The van der Waals surface area contributed by atoms with E-state index < -0.39 is 0 Å². The molecular weight excluding hydrogens is 262 g/mol. The minimum atomic E-state index is -0.223. The molecule has 2 aromatic rings. The van der Waals surface area contributed by atoms with Gasteiger partial charge in [-0.05, 0) is 43.7 Å². The topological polar surface area (TPSA) is 68.0 Å². The molecule has 19 heavy (non-hydrogen) atoms. The van der Waals surface area contributed by atoms with Crippen LogP contribution in [0.25, 0.3) is 0 Å². The van der Waals surface area contributed by atoms with Gasteiger partial charge in [-0.15, -0.1) is 0 Å². The van der Waals surface area contributed by atoms with Gasteiger partial charge in [0, 0.05) is 11.3 Å². The predicted molar refractivity (Wildman–Crippen MR) is 77.5 cm³/mol. The predicted octanol–water partition coefficient (Wildman–Crippen LogP) is 3.19. The van der Waals surface area contributed by atoms with E-state index in [9.17, 15) is 4.79 Å². The summed E-state index contributed by atoms with van der Waals surface area (Å²) in [5.74, 6) is -0.223. The van der Waals surface area contributed by atoms with E-state index in [0.717, 1.165) is 5.56 Å². The third-order valence-corrected chi connectivity index (χ3v) is 3.05. The number of aromatic nitrogens is 1. The molecule has 4 nitrogen and oxygen atoms in total. The molecule has 0 spiro atoms. The molecule has 0 unspecified atom stereocenters. The van der Waals surface area contributed by atoms with E-state index in [1.165, 1.54) is 0 Å². The van der Waals surface area contributed by atoms with Gasteiger partial charge >= 0.3 is 0 Å². The van der Waals surface area contributed by atoms with Crippen LogP contribution in [0.3, 0.4) is 0 Å². The summed E-state index contributed by atoms with van der Waals surface area (Å²) < 4.78 is 0. The van der Waals surface area contributed by atoms with Gasteiger partial charge in [0.15, 0.2) is 0 Å². The van der Waals surface area contributed by atoms with Gasteiger partial charge in [0.1, 0.15) is 5.15 Å². The smallest absolute Gasteiger partial charge is 0.255 e. The summed E-state index contributed by atoms with van der Waals surface area (Å²) in [6.45, 7) is 3.68. The van der Waals surface area contributed by atoms with Crippen molar-refractivity contribution in [2.24, 2.45) is 0 Å². The van der Waals surface area contributed by atoms with Crippen LogP contribution in [0.1, 0.15) is 21.6 Å². The number of carbonyl (C=O) groups excluding carboxylic acids is 1. The average Bonchev–Trinajstić information content (AvgIpc) is 2.36. The van der Waals surface area contributed by atoms with Crippen LogP contribution in [0.4, 0.5) is 11.4 Å². The molecule has 0 radical (unpaired) electrons. The fourth-order valence-corrected chi connectivity index (χ4v) is 1.83. The standard InChI is InChI=1S/C14H14ClN3O/c1-8-3-4-10(7-11(8)16)14(19)18-12-5-6-13(15)17-9(12)2/h3-7H,16H2,1-2H3,(H,18,19). The number of rotatable bonds is 2. The second-order valence-corrected chi connectivity index (χ2v) is 4.68. The summed E-state index contributed by atoms with van der Waals surface area (Å²) in [4.78, 5) is 16.2.